The van der Waals surface area contributed by atoms with Crippen LogP contribution in [0.4, 0.5) is 5.69 Å². The van der Waals surface area contributed by atoms with Gasteiger partial charge in [0.2, 0.25) is 5.78 Å². The van der Waals surface area contributed by atoms with Gasteiger partial charge in [0.15, 0.2) is 30.3 Å². The zero-order valence-corrected chi connectivity index (χ0v) is 22.8. The van der Waals surface area contributed by atoms with Crippen LogP contribution in [0.3, 0.4) is 0 Å². The summed E-state index contributed by atoms with van der Waals surface area (Å²) in [7, 11) is 6.85. The number of ketones is 2. The molecule has 3 aliphatic rings. The predicted molar refractivity (Wildman–Crippen MR) is 144 cm³/mol. The van der Waals surface area contributed by atoms with Crippen molar-refractivity contribution in [1.29, 1.82) is 0 Å². The standard InChI is InChI=1S/C29H32N4O7/c1-31(2)18-12-15(13-33-8-6-5-7-9-33)23(34)20-16(18)10-14-11-17-22(32(3)4)25(36)21(28(30)39)27(38)29(17,40)26(37)19(14)24(20)35/h5-9,12,14,17,22,40H,10-11,13H2,1-4H3,(H4-,30,34,35,36,37,38,39)/p+1/t14-,17-,22-,29-/m0/s1. The molecule has 1 heterocycles. The van der Waals surface area contributed by atoms with Gasteiger partial charge in [0.1, 0.15) is 22.8 Å². The number of carbonyl (C=O) groups is 3. The summed E-state index contributed by atoms with van der Waals surface area (Å²) in [5.74, 6) is -6.61. The molecule has 11 nitrogen and oxygen atoms in total. The molecule has 4 atom stereocenters. The van der Waals surface area contributed by atoms with Crippen molar-refractivity contribution in [3.05, 3.63) is 76.0 Å². The van der Waals surface area contributed by atoms with Gasteiger partial charge in [0, 0.05) is 43.4 Å². The number of fused-ring (bicyclic) bond motifs is 3. The molecule has 3 aliphatic carbocycles. The quantitative estimate of drug-likeness (QED) is 0.264. The number of primary amides is 1. The number of hydrogen-bond acceptors (Lipinski definition) is 9. The molecule has 40 heavy (non-hydrogen) atoms. The molecule has 0 radical (unpaired) electrons. The Morgan fingerprint density at radius 2 is 1.75 bits per heavy atom. The lowest BCUT2D eigenvalue weighted by molar-refractivity contribution is -0.688. The lowest BCUT2D eigenvalue weighted by Crippen LogP contribution is -2.63. The van der Waals surface area contributed by atoms with Crippen molar-refractivity contribution in [3.63, 3.8) is 0 Å². The maximum Gasteiger partial charge on any atom is 0.255 e. The molecule has 0 saturated carbocycles. The number of nitrogens with zero attached hydrogens (tertiary/aromatic N) is 3. The second kappa shape index (κ2) is 9.46. The van der Waals surface area contributed by atoms with Crippen molar-refractivity contribution in [2.75, 3.05) is 33.1 Å². The molecule has 6 N–H and O–H groups in total. The number of aliphatic hydroxyl groups excluding tert-OH is 2. The minimum absolute atomic E-state index is 0.00138. The molecule has 1 aromatic carbocycles. The highest BCUT2D eigenvalue weighted by molar-refractivity contribution is 6.24. The molecule has 1 aromatic heterocycles. The van der Waals surface area contributed by atoms with Gasteiger partial charge in [-0.15, -0.1) is 0 Å². The Morgan fingerprint density at radius 3 is 2.33 bits per heavy atom. The van der Waals surface area contributed by atoms with Crippen molar-refractivity contribution in [3.8, 4) is 5.75 Å². The summed E-state index contributed by atoms with van der Waals surface area (Å²) in [5, 5.41) is 45.5. The van der Waals surface area contributed by atoms with Crippen LogP contribution in [0.25, 0.3) is 0 Å². The molecule has 0 fully saturated rings. The van der Waals surface area contributed by atoms with E-state index < -0.39 is 58.0 Å². The van der Waals surface area contributed by atoms with E-state index in [1.54, 1.807) is 14.1 Å². The van der Waals surface area contributed by atoms with Gasteiger partial charge in [-0.2, -0.15) is 0 Å². The van der Waals surface area contributed by atoms with E-state index in [4.69, 9.17) is 5.73 Å². The molecule has 0 saturated heterocycles. The van der Waals surface area contributed by atoms with Gasteiger partial charge < -0.3 is 31.1 Å². The minimum Gasteiger partial charge on any atom is -0.510 e. The van der Waals surface area contributed by atoms with Crippen LogP contribution in [0.15, 0.2) is 59.3 Å². The number of amides is 1. The number of allylic oxidation sites excluding steroid dienone is 1. The third-order valence-electron chi connectivity index (χ3n) is 8.39. The number of Topliss-reactive ketones (excluding diaryl/α,β-unsaturated/α-hetero) is 2. The first-order valence-electron chi connectivity index (χ1n) is 12.9. The van der Waals surface area contributed by atoms with Gasteiger partial charge in [-0.05, 0) is 44.5 Å². The van der Waals surface area contributed by atoms with E-state index in [0.717, 1.165) is 5.69 Å². The number of phenolic OH excluding ortho intramolecular Hbond substituents is 1. The summed E-state index contributed by atoms with van der Waals surface area (Å²) in [5.41, 5.74) is 3.50. The molecule has 0 aliphatic heterocycles. The zero-order chi connectivity index (χ0) is 29.3. The highest BCUT2D eigenvalue weighted by Gasteiger charge is 2.63. The van der Waals surface area contributed by atoms with Crippen LogP contribution < -0.4 is 15.2 Å². The largest absolute Gasteiger partial charge is 0.510 e. The first-order valence-corrected chi connectivity index (χ1v) is 12.9. The highest BCUT2D eigenvalue weighted by atomic mass is 16.3. The molecule has 2 aromatic rings. The molecule has 0 unspecified atom stereocenters. The van der Waals surface area contributed by atoms with E-state index in [-0.39, 0.29) is 36.3 Å². The molecular formula is C29H33N4O7+. The first-order chi connectivity index (χ1) is 18.8. The van der Waals surface area contributed by atoms with E-state index in [1.165, 1.54) is 4.90 Å². The minimum atomic E-state index is -2.66. The van der Waals surface area contributed by atoms with E-state index in [0.29, 0.717) is 11.1 Å². The van der Waals surface area contributed by atoms with Crippen molar-refractivity contribution in [2.24, 2.45) is 17.6 Å². The Morgan fingerprint density at radius 1 is 1.10 bits per heavy atom. The normalized spacial score (nSPS) is 26.0. The fourth-order valence-corrected chi connectivity index (χ4v) is 6.61. The second-order valence-corrected chi connectivity index (χ2v) is 11.2. The number of likely N-dealkylation sites (N-methyl/N-ethyl adjacent to an activating group) is 1. The maximum atomic E-state index is 14.1. The van der Waals surface area contributed by atoms with Crippen LogP contribution >= 0.6 is 0 Å². The fraction of sp³-hybridized carbons (Fsp3) is 0.379. The molecule has 0 bridgehead atoms. The number of aromatic hydroxyl groups is 1. The lowest BCUT2D eigenvalue weighted by atomic mass is 9.58. The topological polar surface area (TPSA) is 169 Å². The highest BCUT2D eigenvalue weighted by Crippen LogP contribution is 2.53. The van der Waals surface area contributed by atoms with Crippen LogP contribution in [0.5, 0.6) is 5.75 Å². The Bertz CT molecular complexity index is 1510. The molecule has 1 amide bonds. The number of carbonyl (C=O) groups excluding carboxylic acids is 3. The molecule has 5 rings (SSSR count). The third kappa shape index (κ3) is 3.80. The van der Waals surface area contributed by atoms with E-state index in [2.05, 4.69) is 0 Å². The molecule has 11 heteroatoms. The summed E-state index contributed by atoms with van der Waals surface area (Å²) in [4.78, 5) is 43.1. The number of benzene rings is 1. The molecule has 210 valence electrons. The SMILES string of the molecule is CN(C)c1cc(C[n+]2ccccc2)c(O)c2c1C[C@H]1C[C@H]3[C@H](N(C)C)C(O)=C(C(N)=O)C(=O)[C@@]3(O)C(O)=C1C2=O. The summed E-state index contributed by atoms with van der Waals surface area (Å²) >= 11 is 0. The Kier molecular flexibility index (Phi) is 6.47. The van der Waals surface area contributed by atoms with Crippen LogP contribution in [-0.2, 0) is 22.6 Å². The molecule has 0 spiro atoms. The second-order valence-electron chi connectivity index (χ2n) is 11.2. The smallest absolute Gasteiger partial charge is 0.255 e. The number of aliphatic hydroxyl groups is 3. The van der Waals surface area contributed by atoms with Crippen LogP contribution in [0.1, 0.15) is 27.9 Å². The Balaban J connectivity index is 1.71. The van der Waals surface area contributed by atoms with Gasteiger partial charge in [-0.25, -0.2) is 4.57 Å². The van der Waals surface area contributed by atoms with Crippen LogP contribution in [-0.4, -0.2) is 82.6 Å². The number of aromatic nitrogens is 1. The molecular weight excluding hydrogens is 516 g/mol. The number of pyridine rings is 1. The monoisotopic (exact) mass is 549 g/mol. The summed E-state index contributed by atoms with van der Waals surface area (Å²) in [6, 6.07) is 6.34. The Hall–Kier alpha value is -4.22. The van der Waals surface area contributed by atoms with Crippen molar-refractivity contribution >= 4 is 23.2 Å². The van der Waals surface area contributed by atoms with Gasteiger partial charge >= 0.3 is 0 Å². The number of nitrogens with two attached hydrogens (primary N) is 1. The zero-order valence-electron chi connectivity index (χ0n) is 22.8. The maximum absolute atomic E-state index is 14.1. The number of phenols is 1. The number of hydrogen-bond donors (Lipinski definition) is 5. The van der Waals surface area contributed by atoms with Crippen molar-refractivity contribution in [2.45, 2.75) is 31.0 Å². The van der Waals surface area contributed by atoms with Gasteiger partial charge in [-0.1, -0.05) is 6.07 Å². The lowest BCUT2D eigenvalue weighted by Gasteiger charge is -2.50. The van der Waals surface area contributed by atoms with E-state index in [9.17, 15) is 34.8 Å². The average Bonchev–Trinajstić information content (AvgIpc) is 2.87. The van der Waals surface area contributed by atoms with E-state index >= 15 is 0 Å². The van der Waals surface area contributed by atoms with Crippen molar-refractivity contribution < 1.29 is 39.4 Å². The van der Waals surface area contributed by atoms with Gasteiger partial charge in [0.25, 0.3) is 5.91 Å². The van der Waals surface area contributed by atoms with Gasteiger partial charge in [-0.3, -0.25) is 19.3 Å². The summed E-state index contributed by atoms with van der Waals surface area (Å²) in [6.07, 6.45) is 3.92. The van der Waals surface area contributed by atoms with E-state index in [1.807, 2.05) is 60.2 Å². The summed E-state index contributed by atoms with van der Waals surface area (Å²) in [6.45, 7) is 0.267. The van der Waals surface area contributed by atoms with Crippen LogP contribution in [0, 0.1) is 11.8 Å². The number of rotatable bonds is 5. The fourth-order valence-electron chi connectivity index (χ4n) is 6.61. The van der Waals surface area contributed by atoms with Crippen LogP contribution in [0.2, 0.25) is 0 Å². The number of anilines is 1. The Labute approximate surface area is 231 Å². The van der Waals surface area contributed by atoms with Crippen molar-refractivity contribution in [1.82, 2.24) is 4.90 Å². The summed E-state index contributed by atoms with van der Waals surface area (Å²) < 4.78 is 1.84. The first kappa shape index (κ1) is 27.4. The van der Waals surface area contributed by atoms with Gasteiger partial charge in [0.05, 0.1) is 17.2 Å². The third-order valence-corrected chi connectivity index (χ3v) is 8.39. The predicted octanol–water partition coefficient (Wildman–Crippen LogP) is 0.522. The average molecular weight is 550 g/mol.